The Labute approximate surface area is 144 Å². The fraction of sp³-hybridized carbons (Fsp3) is 0.412. The number of rotatable bonds is 6. The van der Waals surface area contributed by atoms with Crippen LogP contribution in [0.1, 0.15) is 38.1 Å². The second-order valence-corrected chi connectivity index (χ2v) is 7.94. The molecule has 21 heavy (non-hydrogen) atoms. The Morgan fingerprint density at radius 3 is 2.67 bits per heavy atom. The van der Waals surface area contributed by atoms with Crippen molar-refractivity contribution in [1.82, 2.24) is 5.32 Å². The number of benzene rings is 1. The van der Waals surface area contributed by atoms with E-state index in [4.69, 9.17) is 11.6 Å². The van der Waals surface area contributed by atoms with Crippen LogP contribution in [0.4, 0.5) is 0 Å². The average Bonchev–Trinajstić information content (AvgIpc) is 2.91. The number of thiophene rings is 1. The van der Waals surface area contributed by atoms with Crippen LogP contribution >= 0.6 is 38.9 Å². The first-order chi connectivity index (χ1) is 10.0. The van der Waals surface area contributed by atoms with Gasteiger partial charge < -0.3 is 5.32 Å². The van der Waals surface area contributed by atoms with Gasteiger partial charge in [-0.2, -0.15) is 0 Å². The van der Waals surface area contributed by atoms with E-state index < -0.39 is 0 Å². The molecular formula is C17H21BrClNS. The summed E-state index contributed by atoms with van der Waals surface area (Å²) in [6.07, 6.45) is 1.15. The molecule has 1 N–H and O–H groups in total. The van der Waals surface area contributed by atoms with Crippen LogP contribution in [0.15, 0.2) is 34.8 Å². The van der Waals surface area contributed by atoms with Gasteiger partial charge in [-0.1, -0.05) is 48.3 Å². The highest BCUT2D eigenvalue weighted by Gasteiger charge is 2.18. The van der Waals surface area contributed by atoms with E-state index in [1.807, 2.05) is 23.5 Å². The molecule has 114 valence electrons. The van der Waals surface area contributed by atoms with Crippen LogP contribution in [0.3, 0.4) is 0 Å². The largest absolute Gasteiger partial charge is 0.309 e. The summed E-state index contributed by atoms with van der Waals surface area (Å²) in [6, 6.07) is 10.8. The van der Waals surface area contributed by atoms with E-state index in [-0.39, 0.29) is 0 Å². The summed E-state index contributed by atoms with van der Waals surface area (Å²) in [7, 11) is 0. The summed E-state index contributed by atoms with van der Waals surface area (Å²) in [6.45, 7) is 7.77. The van der Waals surface area contributed by atoms with Crippen molar-refractivity contribution in [2.75, 3.05) is 6.54 Å². The van der Waals surface area contributed by atoms with Crippen molar-refractivity contribution < 1.29 is 0 Å². The van der Waals surface area contributed by atoms with Gasteiger partial charge in [0.05, 0.1) is 0 Å². The monoisotopic (exact) mass is 385 g/mol. The molecule has 0 amide bonds. The fourth-order valence-corrected chi connectivity index (χ4v) is 4.24. The zero-order valence-electron chi connectivity index (χ0n) is 12.6. The van der Waals surface area contributed by atoms with Crippen molar-refractivity contribution in [2.24, 2.45) is 5.92 Å². The Kier molecular flexibility index (Phi) is 6.30. The molecule has 1 aromatic carbocycles. The topological polar surface area (TPSA) is 12.0 Å². The van der Waals surface area contributed by atoms with Gasteiger partial charge in [0.15, 0.2) is 0 Å². The van der Waals surface area contributed by atoms with Gasteiger partial charge in [0.1, 0.15) is 0 Å². The molecule has 1 atom stereocenters. The van der Waals surface area contributed by atoms with Crippen molar-refractivity contribution >= 4 is 38.9 Å². The standard InChI is InChI=1S/C17H21BrClNS/c1-4-9-20-17(11(2)3)16-8-7-15(21-16)13-10-12(18)5-6-14(13)19/h5-8,10-11,17,20H,4,9H2,1-3H3. The Morgan fingerprint density at radius 1 is 1.24 bits per heavy atom. The molecule has 0 aliphatic rings. The summed E-state index contributed by atoms with van der Waals surface area (Å²) in [5.74, 6) is 0.570. The maximum absolute atomic E-state index is 6.34. The Balaban J connectivity index is 2.29. The lowest BCUT2D eigenvalue weighted by molar-refractivity contribution is 0.418. The smallest absolute Gasteiger partial charge is 0.0493 e. The van der Waals surface area contributed by atoms with Gasteiger partial charge in [-0.3, -0.25) is 0 Å². The van der Waals surface area contributed by atoms with Crippen molar-refractivity contribution in [1.29, 1.82) is 0 Å². The van der Waals surface area contributed by atoms with E-state index in [9.17, 15) is 0 Å². The first-order valence-corrected chi connectivity index (χ1v) is 9.30. The van der Waals surface area contributed by atoms with E-state index >= 15 is 0 Å². The van der Waals surface area contributed by atoms with Crippen LogP contribution in [-0.4, -0.2) is 6.54 Å². The minimum atomic E-state index is 0.412. The maximum atomic E-state index is 6.34. The molecule has 0 fully saturated rings. The lowest BCUT2D eigenvalue weighted by Gasteiger charge is -2.21. The lowest BCUT2D eigenvalue weighted by Crippen LogP contribution is -2.25. The fourth-order valence-electron chi connectivity index (χ4n) is 2.32. The highest BCUT2D eigenvalue weighted by atomic mass is 79.9. The number of hydrogen-bond donors (Lipinski definition) is 1. The van der Waals surface area contributed by atoms with E-state index in [0.29, 0.717) is 12.0 Å². The molecule has 0 radical (unpaired) electrons. The summed E-state index contributed by atoms with van der Waals surface area (Å²) < 4.78 is 1.06. The molecule has 1 heterocycles. The summed E-state index contributed by atoms with van der Waals surface area (Å²) in [4.78, 5) is 2.60. The molecule has 0 saturated carbocycles. The molecule has 0 bridgehead atoms. The minimum absolute atomic E-state index is 0.412. The molecule has 2 aromatic rings. The second-order valence-electron chi connectivity index (χ2n) is 5.50. The molecule has 0 spiro atoms. The molecule has 1 nitrogen and oxygen atoms in total. The minimum Gasteiger partial charge on any atom is -0.309 e. The first kappa shape index (κ1) is 17.0. The van der Waals surface area contributed by atoms with Gasteiger partial charge >= 0.3 is 0 Å². The van der Waals surface area contributed by atoms with Gasteiger partial charge in [-0.05, 0) is 49.2 Å². The third kappa shape index (κ3) is 4.32. The average molecular weight is 387 g/mol. The number of halogens is 2. The van der Waals surface area contributed by atoms with E-state index in [1.165, 1.54) is 9.75 Å². The molecule has 0 aliphatic carbocycles. The van der Waals surface area contributed by atoms with Crippen LogP contribution in [0, 0.1) is 5.92 Å². The molecule has 0 saturated heterocycles. The van der Waals surface area contributed by atoms with Crippen LogP contribution in [0.5, 0.6) is 0 Å². The Hall–Kier alpha value is -0.350. The Bertz CT molecular complexity index is 594. The molecule has 1 unspecified atom stereocenters. The third-order valence-electron chi connectivity index (χ3n) is 3.41. The highest BCUT2D eigenvalue weighted by Crippen LogP contribution is 2.38. The van der Waals surface area contributed by atoms with Gasteiger partial charge in [0.25, 0.3) is 0 Å². The first-order valence-electron chi connectivity index (χ1n) is 7.31. The van der Waals surface area contributed by atoms with Crippen molar-refractivity contribution in [2.45, 2.75) is 33.2 Å². The van der Waals surface area contributed by atoms with Gasteiger partial charge in [-0.25, -0.2) is 0 Å². The van der Waals surface area contributed by atoms with E-state index in [0.717, 1.165) is 28.0 Å². The van der Waals surface area contributed by atoms with Gasteiger partial charge in [0, 0.05) is 30.9 Å². The molecule has 1 aromatic heterocycles. The van der Waals surface area contributed by atoms with Crippen molar-refractivity contribution in [3.05, 3.63) is 44.7 Å². The summed E-state index contributed by atoms with van der Waals surface area (Å²) in [5.41, 5.74) is 1.10. The predicted octanol–water partition coefficient (Wildman–Crippen LogP) is 6.53. The summed E-state index contributed by atoms with van der Waals surface area (Å²) in [5, 5.41) is 4.44. The van der Waals surface area contributed by atoms with Gasteiger partial charge in [0.2, 0.25) is 0 Å². The lowest BCUT2D eigenvalue weighted by atomic mass is 10.0. The molecule has 2 rings (SSSR count). The zero-order chi connectivity index (χ0) is 15.4. The predicted molar refractivity (Wildman–Crippen MR) is 98.3 cm³/mol. The molecular weight excluding hydrogens is 366 g/mol. The van der Waals surface area contributed by atoms with E-state index in [2.05, 4.69) is 60.2 Å². The van der Waals surface area contributed by atoms with Gasteiger partial charge in [-0.15, -0.1) is 11.3 Å². The van der Waals surface area contributed by atoms with Crippen LogP contribution in [-0.2, 0) is 0 Å². The quantitative estimate of drug-likeness (QED) is 0.595. The maximum Gasteiger partial charge on any atom is 0.0493 e. The normalized spacial score (nSPS) is 12.9. The summed E-state index contributed by atoms with van der Waals surface area (Å²) >= 11 is 11.7. The Morgan fingerprint density at radius 2 is 2.00 bits per heavy atom. The van der Waals surface area contributed by atoms with Crippen molar-refractivity contribution in [3.63, 3.8) is 0 Å². The van der Waals surface area contributed by atoms with Crippen LogP contribution < -0.4 is 5.32 Å². The van der Waals surface area contributed by atoms with Crippen LogP contribution in [0.2, 0.25) is 5.02 Å². The van der Waals surface area contributed by atoms with E-state index in [1.54, 1.807) is 0 Å². The zero-order valence-corrected chi connectivity index (χ0v) is 15.8. The number of hydrogen-bond acceptors (Lipinski definition) is 2. The van der Waals surface area contributed by atoms with Crippen molar-refractivity contribution in [3.8, 4) is 10.4 Å². The molecule has 0 aliphatic heterocycles. The highest BCUT2D eigenvalue weighted by molar-refractivity contribution is 9.10. The molecule has 4 heteroatoms. The SMILES string of the molecule is CCCNC(c1ccc(-c2cc(Br)ccc2Cl)s1)C(C)C. The van der Waals surface area contributed by atoms with Crippen LogP contribution in [0.25, 0.3) is 10.4 Å². The second kappa shape index (κ2) is 7.77. The third-order valence-corrected chi connectivity index (χ3v) is 5.43. The number of nitrogens with one attached hydrogen (secondary N) is 1.